The van der Waals surface area contributed by atoms with Crippen molar-refractivity contribution >= 4 is 16.9 Å². The van der Waals surface area contributed by atoms with Crippen LogP contribution in [0.3, 0.4) is 0 Å². The summed E-state index contributed by atoms with van der Waals surface area (Å²) in [5, 5.41) is 22.6. The van der Waals surface area contributed by atoms with Gasteiger partial charge in [0.05, 0.1) is 19.1 Å². The van der Waals surface area contributed by atoms with Gasteiger partial charge in [-0.25, -0.2) is 4.79 Å². The molecule has 140 valence electrons. The second-order valence-electron chi connectivity index (χ2n) is 6.10. The average Bonchev–Trinajstić information content (AvgIpc) is 2.67. The van der Waals surface area contributed by atoms with Crippen LogP contribution >= 0.6 is 0 Å². The quantitative estimate of drug-likeness (QED) is 0.471. The minimum atomic E-state index is -0.722. The van der Waals surface area contributed by atoms with Crippen molar-refractivity contribution in [3.05, 3.63) is 63.5 Å². The number of phenolic OH excluding ortho intramolecular Hbond substituents is 2. The van der Waals surface area contributed by atoms with Gasteiger partial charge < -0.3 is 24.7 Å². The highest BCUT2D eigenvalue weighted by Gasteiger charge is 2.18. The molecule has 0 spiro atoms. The van der Waals surface area contributed by atoms with Crippen LogP contribution in [0.15, 0.2) is 45.6 Å². The summed E-state index contributed by atoms with van der Waals surface area (Å²) in [7, 11) is 1.58. The number of hydrogen-bond donors (Lipinski definition) is 3. The van der Waals surface area contributed by atoms with E-state index in [2.05, 4.69) is 5.32 Å². The number of hydrogen-bond acceptors (Lipinski definition) is 6. The van der Waals surface area contributed by atoms with Gasteiger partial charge >= 0.3 is 5.63 Å². The summed E-state index contributed by atoms with van der Waals surface area (Å²) in [4.78, 5) is 24.5. The van der Waals surface area contributed by atoms with E-state index in [0.29, 0.717) is 17.5 Å². The highest BCUT2D eigenvalue weighted by atomic mass is 16.5. The SMILES string of the molecule is COc1ccc(CNC(=O)Cc2c(C)c3ccc(O)c(O)c3oc2=O)cc1. The Hall–Kier alpha value is -3.48. The predicted octanol–water partition coefficient (Wildman–Crippen LogP) is 2.38. The van der Waals surface area contributed by atoms with Crippen LogP contribution in [0.1, 0.15) is 16.7 Å². The molecule has 27 heavy (non-hydrogen) atoms. The molecule has 7 nitrogen and oxygen atoms in total. The van der Waals surface area contributed by atoms with E-state index < -0.39 is 11.4 Å². The molecule has 3 N–H and O–H groups in total. The molecule has 0 bridgehead atoms. The molecular formula is C20H19NO6. The number of amides is 1. The molecule has 0 aliphatic rings. The number of carbonyl (C=O) groups is 1. The number of aryl methyl sites for hydroxylation is 1. The standard InChI is InChI=1S/C20H19NO6/c1-11-14-7-8-16(22)18(24)19(14)27-20(25)15(11)9-17(23)21-10-12-3-5-13(26-2)6-4-12/h3-8,22,24H,9-10H2,1-2H3,(H,21,23). The molecule has 7 heteroatoms. The Kier molecular flexibility index (Phi) is 5.03. The lowest BCUT2D eigenvalue weighted by atomic mass is 10.0. The zero-order chi connectivity index (χ0) is 19.6. The Bertz CT molecular complexity index is 1050. The number of benzene rings is 2. The van der Waals surface area contributed by atoms with Gasteiger partial charge in [-0.1, -0.05) is 12.1 Å². The fourth-order valence-electron chi connectivity index (χ4n) is 2.80. The van der Waals surface area contributed by atoms with Crippen LogP contribution in [0, 0.1) is 6.92 Å². The van der Waals surface area contributed by atoms with Crippen molar-refractivity contribution in [1.29, 1.82) is 0 Å². The fourth-order valence-corrected chi connectivity index (χ4v) is 2.80. The van der Waals surface area contributed by atoms with Crippen molar-refractivity contribution in [2.75, 3.05) is 7.11 Å². The Morgan fingerprint density at radius 2 is 1.85 bits per heavy atom. The first kappa shape index (κ1) is 18.3. The Morgan fingerprint density at radius 3 is 2.52 bits per heavy atom. The Morgan fingerprint density at radius 1 is 1.15 bits per heavy atom. The summed E-state index contributed by atoms with van der Waals surface area (Å²) < 4.78 is 10.2. The highest BCUT2D eigenvalue weighted by molar-refractivity contribution is 5.89. The number of nitrogens with one attached hydrogen (secondary N) is 1. The lowest BCUT2D eigenvalue weighted by Gasteiger charge is -2.10. The predicted molar refractivity (Wildman–Crippen MR) is 99.1 cm³/mol. The van der Waals surface area contributed by atoms with Crippen molar-refractivity contribution in [1.82, 2.24) is 5.32 Å². The molecule has 0 radical (unpaired) electrons. The van der Waals surface area contributed by atoms with Crippen molar-refractivity contribution in [3.8, 4) is 17.2 Å². The highest BCUT2D eigenvalue weighted by Crippen LogP contribution is 2.34. The van der Waals surface area contributed by atoms with E-state index in [1.807, 2.05) is 12.1 Å². The van der Waals surface area contributed by atoms with Gasteiger partial charge in [-0.2, -0.15) is 0 Å². The first-order valence-corrected chi connectivity index (χ1v) is 8.27. The van der Waals surface area contributed by atoms with Gasteiger partial charge in [-0.15, -0.1) is 0 Å². The van der Waals surface area contributed by atoms with E-state index in [1.165, 1.54) is 12.1 Å². The smallest absolute Gasteiger partial charge is 0.340 e. The van der Waals surface area contributed by atoms with Crippen LogP contribution in [0.5, 0.6) is 17.2 Å². The van der Waals surface area contributed by atoms with Gasteiger partial charge in [0, 0.05) is 11.9 Å². The van der Waals surface area contributed by atoms with E-state index >= 15 is 0 Å². The molecule has 3 rings (SSSR count). The summed E-state index contributed by atoms with van der Waals surface area (Å²) in [6.45, 7) is 1.98. The zero-order valence-electron chi connectivity index (χ0n) is 14.9. The van der Waals surface area contributed by atoms with E-state index in [4.69, 9.17) is 9.15 Å². The molecule has 1 amide bonds. The molecule has 1 heterocycles. The summed E-state index contributed by atoms with van der Waals surface area (Å²) in [5.41, 5.74) is 0.808. The number of fused-ring (bicyclic) bond motifs is 1. The zero-order valence-corrected chi connectivity index (χ0v) is 14.9. The third-order valence-corrected chi connectivity index (χ3v) is 4.39. The van der Waals surface area contributed by atoms with Crippen LogP contribution in [-0.2, 0) is 17.8 Å². The van der Waals surface area contributed by atoms with Crippen molar-refractivity contribution in [2.45, 2.75) is 19.9 Å². The van der Waals surface area contributed by atoms with Gasteiger partial charge in [-0.05, 0) is 42.3 Å². The summed E-state index contributed by atoms with van der Waals surface area (Å²) in [6.07, 6.45) is -0.151. The third-order valence-electron chi connectivity index (χ3n) is 4.39. The van der Waals surface area contributed by atoms with Crippen LogP contribution < -0.4 is 15.7 Å². The molecule has 0 saturated carbocycles. The molecule has 2 aromatic carbocycles. The van der Waals surface area contributed by atoms with E-state index in [-0.39, 0.29) is 29.2 Å². The monoisotopic (exact) mass is 369 g/mol. The topological polar surface area (TPSA) is 109 Å². The average molecular weight is 369 g/mol. The second kappa shape index (κ2) is 7.41. The fraction of sp³-hybridized carbons (Fsp3) is 0.200. The normalized spacial score (nSPS) is 10.7. The molecule has 0 atom stereocenters. The van der Waals surface area contributed by atoms with Crippen molar-refractivity contribution in [3.63, 3.8) is 0 Å². The molecule has 3 aromatic rings. The number of aromatic hydroxyl groups is 2. The van der Waals surface area contributed by atoms with Crippen LogP contribution in [0.25, 0.3) is 11.0 Å². The molecular weight excluding hydrogens is 350 g/mol. The molecule has 0 unspecified atom stereocenters. The van der Waals surface area contributed by atoms with E-state index in [0.717, 1.165) is 11.3 Å². The minimum absolute atomic E-state index is 0.0973. The van der Waals surface area contributed by atoms with E-state index in [1.54, 1.807) is 26.2 Å². The number of carbonyl (C=O) groups excluding carboxylic acids is 1. The van der Waals surface area contributed by atoms with Crippen molar-refractivity contribution < 1.29 is 24.2 Å². The maximum atomic E-state index is 12.3. The molecule has 0 aliphatic heterocycles. The summed E-state index contributed by atoms with van der Waals surface area (Å²) >= 11 is 0. The lowest BCUT2D eigenvalue weighted by molar-refractivity contribution is -0.120. The summed E-state index contributed by atoms with van der Waals surface area (Å²) in [6, 6.07) is 10.1. The maximum absolute atomic E-state index is 12.3. The molecule has 0 saturated heterocycles. The minimum Gasteiger partial charge on any atom is -0.504 e. The second-order valence-corrected chi connectivity index (χ2v) is 6.10. The first-order chi connectivity index (χ1) is 12.9. The Labute approximate surface area is 154 Å². The van der Waals surface area contributed by atoms with Crippen LogP contribution in [0.2, 0.25) is 0 Å². The van der Waals surface area contributed by atoms with Gasteiger partial charge in [0.15, 0.2) is 11.3 Å². The molecule has 0 aliphatic carbocycles. The van der Waals surface area contributed by atoms with E-state index in [9.17, 15) is 19.8 Å². The first-order valence-electron chi connectivity index (χ1n) is 8.27. The van der Waals surface area contributed by atoms with Crippen LogP contribution in [-0.4, -0.2) is 23.2 Å². The van der Waals surface area contributed by atoms with Crippen molar-refractivity contribution in [2.24, 2.45) is 0 Å². The van der Waals surface area contributed by atoms with Crippen LogP contribution in [0.4, 0.5) is 0 Å². The molecule has 1 aromatic heterocycles. The number of ether oxygens (including phenoxy) is 1. The van der Waals surface area contributed by atoms with Gasteiger partial charge in [0.1, 0.15) is 5.75 Å². The largest absolute Gasteiger partial charge is 0.504 e. The number of phenols is 2. The Balaban J connectivity index is 1.78. The summed E-state index contributed by atoms with van der Waals surface area (Å²) in [5.74, 6) is -0.481. The number of rotatable bonds is 5. The number of methoxy groups -OCH3 is 1. The van der Waals surface area contributed by atoms with Gasteiger partial charge in [-0.3, -0.25) is 4.79 Å². The molecule has 0 fully saturated rings. The van der Waals surface area contributed by atoms with Gasteiger partial charge in [0.25, 0.3) is 0 Å². The third kappa shape index (κ3) is 3.72. The van der Waals surface area contributed by atoms with Gasteiger partial charge in [0.2, 0.25) is 11.7 Å². The maximum Gasteiger partial charge on any atom is 0.340 e. The lowest BCUT2D eigenvalue weighted by Crippen LogP contribution is -2.27.